The van der Waals surface area contributed by atoms with Crippen LogP contribution in [0.25, 0.3) is 0 Å². The fourth-order valence-corrected chi connectivity index (χ4v) is 0.714. The molecule has 9 N–H and O–H groups in total. The fourth-order valence-electron chi connectivity index (χ4n) is 0.714. The van der Waals surface area contributed by atoms with Gasteiger partial charge in [0.15, 0.2) is 11.6 Å². The zero-order chi connectivity index (χ0) is 16.9. The van der Waals surface area contributed by atoms with Crippen molar-refractivity contribution in [2.75, 3.05) is 0 Å². The monoisotopic (exact) mass is 332 g/mol. The molecule has 114 valence electrons. The number of aliphatic hydroxyl groups is 1. The van der Waals surface area contributed by atoms with E-state index in [2.05, 4.69) is 24.1 Å². The van der Waals surface area contributed by atoms with E-state index in [4.69, 9.17) is 31.1 Å². The maximum Gasteiger partial charge on any atom is 1.00 e. The van der Waals surface area contributed by atoms with E-state index in [9.17, 15) is 14.4 Å². The molecule has 0 aliphatic rings. The van der Waals surface area contributed by atoms with Crippen molar-refractivity contribution in [1.29, 1.82) is 10.7 Å². The first-order valence-corrected chi connectivity index (χ1v) is 4.83. The molecule has 0 aromatic rings. The molecule has 0 aliphatic carbocycles. The number of hydrogen-bond acceptors (Lipinski definition) is 7. The molecule has 0 aromatic carbocycles. The summed E-state index contributed by atoms with van der Waals surface area (Å²) in [5, 5.41) is 48.3. The van der Waals surface area contributed by atoms with Crippen LogP contribution >= 0.6 is 0 Å². The zero-order valence-corrected chi connectivity index (χ0v) is 13.8. The van der Waals surface area contributed by atoms with Crippen LogP contribution in [0.4, 0.5) is 0 Å². The predicted octanol–water partition coefficient (Wildman–Crippen LogP) is -5.39. The first-order valence-electron chi connectivity index (χ1n) is 4.43. The van der Waals surface area contributed by atoms with Crippen molar-refractivity contribution < 1.29 is 64.4 Å². The normalized spacial score (nSPS) is 8.19. The standard InChI is InChI=1S/C6H8O7.CH5N3.CHNS.Na/c7-3(8)1-6(13,5(11)12)2-4(9)10;2-1(3)4;2-1-3;/h13H,1-2H2,(H,7,8)(H,9,10)(H,11,12);(H5,2,3,4);3H;/q;;;+1/p-1. The van der Waals surface area contributed by atoms with Crippen molar-refractivity contribution in [2.45, 2.75) is 18.4 Å². The van der Waals surface area contributed by atoms with Gasteiger partial charge in [0.25, 0.3) is 0 Å². The van der Waals surface area contributed by atoms with Crippen molar-refractivity contribution in [3.05, 3.63) is 0 Å². The van der Waals surface area contributed by atoms with Gasteiger partial charge in [0.1, 0.15) is 0 Å². The second kappa shape index (κ2) is 14.8. The Labute approximate surface area is 146 Å². The Balaban J connectivity index is -0.000000152. The molecule has 0 saturated carbocycles. The van der Waals surface area contributed by atoms with Crippen molar-refractivity contribution in [3.8, 4) is 5.40 Å². The quantitative estimate of drug-likeness (QED) is 0.0824. The van der Waals surface area contributed by atoms with Gasteiger partial charge in [-0.25, -0.2) is 10.1 Å². The molecule has 0 bridgehead atoms. The molecule has 0 heterocycles. The molecule has 11 nitrogen and oxygen atoms in total. The van der Waals surface area contributed by atoms with Gasteiger partial charge in [-0.3, -0.25) is 15.0 Å². The molecular weight excluding hydrogens is 319 g/mol. The number of nitrogens with zero attached hydrogens (tertiary/aromatic N) is 1. The number of guanidine groups is 1. The average molecular weight is 332 g/mol. The summed E-state index contributed by atoms with van der Waals surface area (Å²) in [5.41, 5.74) is 6.21. The number of aliphatic carboxylic acids is 3. The zero-order valence-electron chi connectivity index (χ0n) is 10.9. The van der Waals surface area contributed by atoms with Gasteiger partial charge < -0.3 is 44.5 Å². The maximum atomic E-state index is 10.3. The van der Waals surface area contributed by atoms with E-state index in [1.165, 1.54) is 5.40 Å². The Morgan fingerprint density at radius 2 is 1.33 bits per heavy atom. The topological polar surface area (TPSA) is 232 Å². The number of hydrogen-bond donors (Lipinski definition) is 7. The van der Waals surface area contributed by atoms with E-state index < -0.39 is 36.4 Å². The van der Waals surface area contributed by atoms with Gasteiger partial charge in [-0.1, -0.05) is 5.40 Å². The molecule has 0 amide bonds. The second-order valence-corrected chi connectivity index (χ2v) is 3.21. The summed E-state index contributed by atoms with van der Waals surface area (Å²) in [6, 6.07) is 0. The summed E-state index contributed by atoms with van der Waals surface area (Å²) in [7, 11) is 0. The molecule has 0 atom stereocenters. The number of carboxylic acids is 3. The summed E-state index contributed by atoms with van der Waals surface area (Å²) in [6.07, 6.45) is -2.29. The van der Waals surface area contributed by atoms with E-state index in [1.807, 2.05) is 0 Å². The third-order valence-corrected chi connectivity index (χ3v) is 1.29. The van der Waals surface area contributed by atoms with Gasteiger partial charge in [-0.05, 0) is 0 Å². The van der Waals surface area contributed by atoms with E-state index in [-0.39, 0.29) is 35.5 Å². The Morgan fingerprint density at radius 1 is 1.14 bits per heavy atom. The Morgan fingerprint density at radius 3 is 1.43 bits per heavy atom. The minimum atomic E-state index is -2.74. The Hall–Kier alpha value is -1.65. The first kappa shape index (κ1) is 27.7. The smallest absolute Gasteiger partial charge is 0.696 e. The molecule has 0 aliphatic heterocycles. The summed E-state index contributed by atoms with van der Waals surface area (Å²) in [6.45, 7) is 0. The molecule has 21 heavy (non-hydrogen) atoms. The molecule has 0 radical (unpaired) electrons. The first-order chi connectivity index (χ1) is 8.92. The Kier molecular flexibility index (Phi) is 19.4. The van der Waals surface area contributed by atoms with Crippen LogP contribution < -0.4 is 41.0 Å². The maximum absolute atomic E-state index is 10.3. The number of nitriles is 1. The largest absolute Gasteiger partial charge is 1.00 e. The summed E-state index contributed by atoms with van der Waals surface area (Å²) >= 11 is 3.70. The van der Waals surface area contributed by atoms with Gasteiger partial charge in [0.05, 0.1) is 12.8 Å². The molecule has 0 aromatic heterocycles. The number of nitrogens with one attached hydrogen (secondary N) is 1. The van der Waals surface area contributed by atoms with Crippen LogP contribution in [0.5, 0.6) is 0 Å². The van der Waals surface area contributed by atoms with Crippen LogP contribution in [0.15, 0.2) is 0 Å². The number of thiocyanates is 1. The number of nitrogens with two attached hydrogens (primary N) is 2. The fraction of sp³-hybridized carbons (Fsp3) is 0.375. The number of carboxylic acid groups (broad SMARTS) is 3. The molecule has 0 rings (SSSR count). The summed E-state index contributed by atoms with van der Waals surface area (Å²) in [4.78, 5) is 30.5. The van der Waals surface area contributed by atoms with Crippen LogP contribution in [-0.2, 0) is 27.0 Å². The summed E-state index contributed by atoms with van der Waals surface area (Å²) in [5.74, 6) is -5.35. The number of carbonyl (C=O) groups is 3. The summed E-state index contributed by atoms with van der Waals surface area (Å²) < 4.78 is 0. The molecule has 0 spiro atoms. The minimum Gasteiger partial charge on any atom is -0.696 e. The van der Waals surface area contributed by atoms with Crippen molar-refractivity contribution in [2.24, 2.45) is 11.5 Å². The van der Waals surface area contributed by atoms with E-state index >= 15 is 0 Å². The van der Waals surface area contributed by atoms with Crippen LogP contribution in [0, 0.1) is 16.1 Å². The third-order valence-electron chi connectivity index (χ3n) is 1.29. The van der Waals surface area contributed by atoms with Gasteiger partial charge in [-0.15, -0.1) is 0 Å². The van der Waals surface area contributed by atoms with Gasteiger partial charge in [-0.2, -0.15) is 0 Å². The van der Waals surface area contributed by atoms with Crippen molar-refractivity contribution in [3.63, 3.8) is 0 Å². The van der Waals surface area contributed by atoms with E-state index in [0.717, 1.165) is 0 Å². The average Bonchev–Trinajstić information content (AvgIpc) is 2.14. The van der Waals surface area contributed by atoms with E-state index in [1.54, 1.807) is 0 Å². The third kappa shape index (κ3) is 23.8. The predicted molar refractivity (Wildman–Crippen MR) is 66.2 cm³/mol. The van der Waals surface area contributed by atoms with E-state index in [0.29, 0.717) is 0 Å². The van der Waals surface area contributed by atoms with Crippen LogP contribution in [0.3, 0.4) is 0 Å². The second-order valence-electron chi connectivity index (χ2n) is 3.02. The number of rotatable bonds is 5. The minimum absolute atomic E-state index is 0. The van der Waals surface area contributed by atoms with Gasteiger partial charge in [0, 0.05) is 0 Å². The SMILES string of the molecule is N#C[S-].N=C(N)N.O=C(O)CC(O)(CC(=O)O)C(=O)O.[Na+]. The molecule has 0 saturated heterocycles. The van der Waals surface area contributed by atoms with Crippen molar-refractivity contribution in [1.82, 2.24) is 0 Å². The van der Waals surface area contributed by atoms with Crippen LogP contribution in [0.2, 0.25) is 0 Å². The Bertz CT molecular complexity index is 392. The van der Waals surface area contributed by atoms with Crippen LogP contribution in [-0.4, -0.2) is 49.9 Å². The molecular formula is C8H13N4NaO7S. The molecule has 0 unspecified atom stereocenters. The van der Waals surface area contributed by atoms with Gasteiger partial charge >= 0.3 is 47.5 Å². The van der Waals surface area contributed by atoms with Crippen LogP contribution in [0.1, 0.15) is 12.8 Å². The van der Waals surface area contributed by atoms with Gasteiger partial charge in [0.2, 0.25) is 0 Å². The molecule has 13 heteroatoms. The van der Waals surface area contributed by atoms with Crippen molar-refractivity contribution >= 4 is 36.5 Å². The molecule has 0 fully saturated rings.